The first-order valence-electron chi connectivity index (χ1n) is 6.59. The maximum Gasteiger partial charge on any atom is 0.273 e. The van der Waals surface area contributed by atoms with Gasteiger partial charge in [0.1, 0.15) is 0 Å². The van der Waals surface area contributed by atoms with Gasteiger partial charge in [0.25, 0.3) is 5.91 Å². The Bertz CT molecular complexity index is 542. The monoisotopic (exact) mass is 301 g/mol. The zero-order chi connectivity index (χ0) is 14.6. The van der Waals surface area contributed by atoms with Crippen molar-refractivity contribution in [2.45, 2.75) is 31.7 Å². The number of piperidine rings is 1. The molecule has 1 aliphatic heterocycles. The van der Waals surface area contributed by atoms with Crippen LogP contribution in [0.4, 0.5) is 0 Å². The van der Waals surface area contributed by atoms with Gasteiger partial charge in [0.2, 0.25) is 10.0 Å². The second-order valence-electron chi connectivity index (χ2n) is 4.92. The molecule has 8 nitrogen and oxygen atoms in total. The van der Waals surface area contributed by atoms with Gasteiger partial charge >= 0.3 is 0 Å². The zero-order valence-corrected chi connectivity index (χ0v) is 12.2. The van der Waals surface area contributed by atoms with E-state index in [1.165, 1.54) is 12.5 Å². The molecule has 20 heavy (non-hydrogen) atoms. The number of carbonyl (C=O) groups is 1. The molecular formula is C11H19N5O3S. The van der Waals surface area contributed by atoms with Crippen molar-refractivity contribution >= 4 is 15.9 Å². The van der Waals surface area contributed by atoms with E-state index in [-0.39, 0.29) is 17.6 Å². The Labute approximate surface area is 118 Å². The van der Waals surface area contributed by atoms with Crippen molar-refractivity contribution in [3.05, 3.63) is 11.9 Å². The third kappa shape index (κ3) is 3.76. The summed E-state index contributed by atoms with van der Waals surface area (Å²) in [6, 6.07) is -0.0311. The van der Waals surface area contributed by atoms with Gasteiger partial charge in [0, 0.05) is 19.1 Å². The van der Waals surface area contributed by atoms with Crippen LogP contribution in [0, 0.1) is 0 Å². The summed E-state index contributed by atoms with van der Waals surface area (Å²) in [7, 11) is -3.18. The van der Waals surface area contributed by atoms with Crippen molar-refractivity contribution in [3.8, 4) is 0 Å². The van der Waals surface area contributed by atoms with E-state index >= 15 is 0 Å². The molecule has 1 saturated heterocycles. The van der Waals surface area contributed by atoms with Crippen LogP contribution >= 0.6 is 0 Å². The van der Waals surface area contributed by atoms with E-state index in [4.69, 9.17) is 0 Å². The summed E-state index contributed by atoms with van der Waals surface area (Å²) < 4.78 is 24.9. The predicted octanol–water partition coefficient (Wildman–Crippen LogP) is -0.261. The van der Waals surface area contributed by atoms with Crippen LogP contribution in [0.3, 0.4) is 0 Å². The molecule has 1 unspecified atom stereocenters. The first-order valence-corrected chi connectivity index (χ1v) is 8.44. The van der Waals surface area contributed by atoms with Gasteiger partial charge < -0.3 is 5.32 Å². The second kappa shape index (κ2) is 6.31. The van der Waals surface area contributed by atoms with Gasteiger partial charge in [0.15, 0.2) is 5.69 Å². The Morgan fingerprint density at radius 2 is 2.35 bits per heavy atom. The third-order valence-electron chi connectivity index (χ3n) is 3.41. The summed E-state index contributed by atoms with van der Waals surface area (Å²) in [6.07, 6.45) is 5.95. The van der Waals surface area contributed by atoms with Gasteiger partial charge in [-0.1, -0.05) is 6.42 Å². The van der Waals surface area contributed by atoms with E-state index in [0.29, 0.717) is 19.5 Å². The summed E-state index contributed by atoms with van der Waals surface area (Å²) in [5, 5.41) is 12.3. The zero-order valence-electron chi connectivity index (χ0n) is 11.4. The molecule has 1 aliphatic rings. The van der Waals surface area contributed by atoms with Crippen LogP contribution in [-0.2, 0) is 10.0 Å². The summed E-state index contributed by atoms with van der Waals surface area (Å²) in [6.45, 7) is 0.989. The van der Waals surface area contributed by atoms with E-state index in [0.717, 1.165) is 19.3 Å². The Balaban J connectivity index is 1.84. The average molecular weight is 301 g/mol. The molecule has 0 aromatic carbocycles. The molecule has 1 atom stereocenters. The standard InChI is InChI=1S/C11H19N5O3S/c1-20(18,19)16-7-3-2-4-9(16)5-6-12-11(17)10-8-13-15-14-10/h8-9H,2-7H2,1H3,(H,12,17)(H,13,14,15). The van der Waals surface area contributed by atoms with E-state index in [2.05, 4.69) is 20.7 Å². The Morgan fingerprint density at radius 3 is 3.00 bits per heavy atom. The van der Waals surface area contributed by atoms with E-state index < -0.39 is 10.0 Å². The minimum Gasteiger partial charge on any atom is -0.351 e. The summed E-state index contributed by atoms with van der Waals surface area (Å²) >= 11 is 0. The number of nitrogens with zero attached hydrogens (tertiary/aromatic N) is 3. The summed E-state index contributed by atoms with van der Waals surface area (Å²) in [5.74, 6) is -0.305. The number of hydrogen-bond donors (Lipinski definition) is 2. The molecule has 2 heterocycles. The minimum atomic E-state index is -3.18. The molecule has 1 amide bonds. The highest BCUT2D eigenvalue weighted by Crippen LogP contribution is 2.21. The largest absolute Gasteiger partial charge is 0.351 e. The highest BCUT2D eigenvalue weighted by molar-refractivity contribution is 7.88. The van der Waals surface area contributed by atoms with Crippen LogP contribution in [-0.4, -0.2) is 59.4 Å². The van der Waals surface area contributed by atoms with Gasteiger partial charge in [-0.2, -0.15) is 19.7 Å². The van der Waals surface area contributed by atoms with Gasteiger partial charge in [0.05, 0.1) is 12.5 Å². The molecule has 0 spiro atoms. The molecule has 0 aliphatic carbocycles. The van der Waals surface area contributed by atoms with Gasteiger partial charge in [-0.05, 0) is 19.3 Å². The Morgan fingerprint density at radius 1 is 1.55 bits per heavy atom. The second-order valence-corrected chi connectivity index (χ2v) is 6.86. The maximum atomic E-state index is 11.7. The summed E-state index contributed by atoms with van der Waals surface area (Å²) in [5.41, 5.74) is 0.230. The molecule has 0 bridgehead atoms. The lowest BCUT2D eigenvalue weighted by atomic mass is 10.0. The number of H-pyrrole nitrogens is 1. The highest BCUT2D eigenvalue weighted by atomic mass is 32.2. The molecule has 1 aromatic heterocycles. The maximum absolute atomic E-state index is 11.7. The molecule has 9 heteroatoms. The number of aromatic nitrogens is 3. The molecule has 0 saturated carbocycles. The molecule has 2 rings (SSSR count). The number of rotatable bonds is 5. The van der Waals surface area contributed by atoms with Crippen LogP contribution < -0.4 is 5.32 Å². The molecule has 2 N–H and O–H groups in total. The predicted molar refractivity (Wildman–Crippen MR) is 72.5 cm³/mol. The number of amides is 1. The molecule has 0 radical (unpaired) electrons. The van der Waals surface area contributed by atoms with Gasteiger partial charge in [-0.15, -0.1) is 0 Å². The van der Waals surface area contributed by atoms with E-state index in [1.807, 2.05) is 0 Å². The van der Waals surface area contributed by atoms with Crippen molar-refractivity contribution in [3.63, 3.8) is 0 Å². The number of nitrogens with one attached hydrogen (secondary N) is 2. The fraction of sp³-hybridized carbons (Fsp3) is 0.727. The van der Waals surface area contributed by atoms with Crippen molar-refractivity contribution in [2.75, 3.05) is 19.3 Å². The normalized spacial score (nSPS) is 20.8. The average Bonchev–Trinajstić information content (AvgIpc) is 2.92. The van der Waals surface area contributed by atoms with Gasteiger partial charge in [-0.3, -0.25) is 4.79 Å². The fourth-order valence-corrected chi connectivity index (χ4v) is 3.67. The van der Waals surface area contributed by atoms with Gasteiger partial charge in [-0.25, -0.2) is 8.42 Å². The molecule has 1 fully saturated rings. The molecule has 1 aromatic rings. The SMILES string of the molecule is CS(=O)(=O)N1CCCCC1CCNC(=O)c1cn[nH]n1. The van der Waals surface area contributed by atoms with Crippen LogP contribution in [0.1, 0.15) is 36.2 Å². The lowest BCUT2D eigenvalue weighted by Crippen LogP contribution is -2.44. The highest BCUT2D eigenvalue weighted by Gasteiger charge is 2.28. The number of carbonyl (C=O) groups excluding carboxylic acids is 1. The number of aromatic amines is 1. The van der Waals surface area contributed by atoms with Crippen molar-refractivity contribution in [1.29, 1.82) is 0 Å². The minimum absolute atomic E-state index is 0.0311. The fourth-order valence-electron chi connectivity index (χ4n) is 2.45. The van der Waals surface area contributed by atoms with Crippen LogP contribution in [0.2, 0.25) is 0 Å². The number of sulfonamides is 1. The van der Waals surface area contributed by atoms with Crippen LogP contribution in [0.25, 0.3) is 0 Å². The smallest absolute Gasteiger partial charge is 0.273 e. The Kier molecular flexibility index (Phi) is 4.71. The first kappa shape index (κ1) is 14.9. The summed E-state index contributed by atoms with van der Waals surface area (Å²) in [4.78, 5) is 11.7. The third-order valence-corrected chi connectivity index (χ3v) is 4.74. The quantitative estimate of drug-likeness (QED) is 0.779. The topological polar surface area (TPSA) is 108 Å². The lowest BCUT2D eigenvalue weighted by Gasteiger charge is -2.33. The molecule has 112 valence electrons. The Hall–Kier alpha value is -1.48. The van der Waals surface area contributed by atoms with E-state index in [9.17, 15) is 13.2 Å². The van der Waals surface area contributed by atoms with Crippen LogP contribution in [0.15, 0.2) is 6.20 Å². The van der Waals surface area contributed by atoms with Crippen LogP contribution in [0.5, 0.6) is 0 Å². The molecular weight excluding hydrogens is 282 g/mol. The van der Waals surface area contributed by atoms with Crippen molar-refractivity contribution in [2.24, 2.45) is 0 Å². The number of hydrogen-bond acceptors (Lipinski definition) is 5. The lowest BCUT2D eigenvalue weighted by molar-refractivity contribution is 0.0944. The van der Waals surface area contributed by atoms with Crippen molar-refractivity contribution < 1.29 is 13.2 Å². The van der Waals surface area contributed by atoms with E-state index in [1.54, 1.807) is 4.31 Å². The first-order chi connectivity index (χ1) is 9.48. The van der Waals surface area contributed by atoms with Crippen molar-refractivity contribution in [1.82, 2.24) is 25.0 Å².